The van der Waals surface area contributed by atoms with E-state index in [0.29, 0.717) is 6.42 Å². The molecule has 0 spiro atoms. The summed E-state index contributed by atoms with van der Waals surface area (Å²) in [6, 6.07) is 4.01. The fourth-order valence-electron chi connectivity index (χ4n) is 2.35. The number of esters is 1. The topological polar surface area (TPSA) is 55.0 Å². The van der Waals surface area contributed by atoms with Crippen LogP contribution in [0.3, 0.4) is 0 Å². The zero-order valence-corrected chi connectivity index (χ0v) is 12.1. The van der Waals surface area contributed by atoms with Crippen molar-refractivity contribution in [2.75, 3.05) is 7.11 Å². The van der Waals surface area contributed by atoms with Gasteiger partial charge in [-0.05, 0) is 51.8 Å². The molecule has 0 unspecified atom stereocenters. The van der Waals surface area contributed by atoms with E-state index >= 15 is 0 Å². The summed E-state index contributed by atoms with van der Waals surface area (Å²) in [5, 5.41) is 0. The van der Waals surface area contributed by atoms with Gasteiger partial charge in [0, 0.05) is 11.4 Å². The Labute approximate surface area is 113 Å². The first-order valence-corrected chi connectivity index (χ1v) is 6.38. The van der Waals surface area contributed by atoms with E-state index in [2.05, 4.69) is 9.97 Å². The molecule has 0 saturated heterocycles. The molecule has 1 N–H and O–H groups in total. The van der Waals surface area contributed by atoms with Crippen molar-refractivity contribution in [1.82, 2.24) is 9.97 Å². The summed E-state index contributed by atoms with van der Waals surface area (Å²) in [6.07, 6.45) is 0.613. The molecule has 0 fully saturated rings. The third kappa shape index (κ3) is 2.48. The highest BCUT2D eigenvalue weighted by Gasteiger charge is 2.31. The van der Waals surface area contributed by atoms with Crippen LogP contribution < -0.4 is 0 Å². The highest BCUT2D eigenvalue weighted by atomic mass is 16.5. The van der Waals surface area contributed by atoms with Gasteiger partial charge in [0.25, 0.3) is 0 Å². The van der Waals surface area contributed by atoms with Crippen LogP contribution in [-0.2, 0) is 16.0 Å². The van der Waals surface area contributed by atoms with Crippen LogP contribution in [0.1, 0.15) is 30.8 Å². The largest absolute Gasteiger partial charge is 0.469 e. The van der Waals surface area contributed by atoms with Gasteiger partial charge in [0.15, 0.2) is 0 Å². The molecule has 19 heavy (non-hydrogen) atoms. The Morgan fingerprint density at radius 1 is 1.37 bits per heavy atom. The van der Waals surface area contributed by atoms with Gasteiger partial charge >= 0.3 is 5.97 Å². The standard InChI is InChI=1S/C15H20N2O2/c1-9-6-7-12-13(16-9)11(10(2)17-12)8-15(3,4)14(18)19-5/h6-7,17H,8H2,1-5H3. The Morgan fingerprint density at radius 2 is 2.05 bits per heavy atom. The highest BCUT2D eigenvalue weighted by Crippen LogP contribution is 2.29. The fourth-order valence-corrected chi connectivity index (χ4v) is 2.35. The van der Waals surface area contributed by atoms with Gasteiger partial charge in [0.1, 0.15) is 0 Å². The number of rotatable bonds is 3. The van der Waals surface area contributed by atoms with Crippen LogP contribution in [0.15, 0.2) is 12.1 Å². The van der Waals surface area contributed by atoms with Crippen LogP contribution >= 0.6 is 0 Å². The molecule has 0 bridgehead atoms. The zero-order valence-electron chi connectivity index (χ0n) is 12.1. The first kappa shape index (κ1) is 13.6. The van der Waals surface area contributed by atoms with Gasteiger partial charge in [-0.1, -0.05) is 0 Å². The smallest absolute Gasteiger partial charge is 0.311 e. The lowest BCUT2D eigenvalue weighted by Gasteiger charge is -2.21. The van der Waals surface area contributed by atoms with Gasteiger partial charge in [-0.15, -0.1) is 0 Å². The predicted molar refractivity (Wildman–Crippen MR) is 75.1 cm³/mol. The number of ether oxygens (including phenoxy) is 1. The number of hydrogen-bond donors (Lipinski definition) is 1. The summed E-state index contributed by atoms with van der Waals surface area (Å²) in [4.78, 5) is 19.7. The molecule has 0 radical (unpaired) electrons. The number of aromatic amines is 1. The van der Waals surface area contributed by atoms with Gasteiger partial charge < -0.3 is 9.72 Å². The van der Waals surface area contributed by atoms with Gasteiger partial charge in [-0.25, -0.2) is 0 Å². The molecule has 2 aromatic heterocycles. The minimum Gasteiger partial charge on any atom is -0.469 e. The molecule has 4 heteroatoms. The number of fused-ring (bicyclic) bond motifs is 1. The molecule has 2 aromatic rings. The number of methoxy groups -OCH3 is 1. The molecule has 0 saturated carbocycles. The Kier molecular flexibility index (Phi) is 3.35. The average Bonchev–Trinajstić information content (AvgIpc) is 2.64. The van der Waals surface area contributed by atoms with Gasteiger partial charge in [0.2, 0.25) is 0 Å². The van der Waals surface area contributed by atoms with E-state index in [1.54, 1.807) is 0 Å². The maximum absolute atomic E-state index is 11.8. The first-order valence-electron chi connectivity index (χ1n) is 6.38. The molecule has 0 aliphatic rings. The lowest BCUT2D eigenvalue weighted by molar-refractivity contribution is -0.150. The normalized spacial score (nSPS) is 11.8. The van der Waals surface area contributed by atoms with Crippen molar-refractivity contribution in [3.63, 3.8) is 0 Å². The summed E-state index contributed by atoms with van der Waals surface area (Å²) in [6.45, 7) is 7.77. The van der Waals surface area contributed by atoms with E-state index in [0.717, 1.165) is 28.0 Å². The monoisotopic (exact) mass is 260 g/mol. The molecule has 0 aromatic carbocycles. The number of aryl methyl sites for hydroxylation is 2. The van der Waals surface area contributed by atoms with E-state index in [4.69, 9.17) is 4.74 Å². The van der Waals surface area contributed by atoms with Crippen molar-refractivity contribution in [3.05, 3.63) is 29.1 Å². The SMILES string of the molecule is COC(=O)C(C)(C)Cc1c(C)[nH]c2ccc(C)nc12. The molecule has 0 aliphatic heterocycles. The molecule has 0 aliphatic carbocycles. The summed E-state index contributed by atoms with van der Waals surface area (Å²) in [5.41, 5.74) is 4.54. The fraction of sp³-hybridized carbons (Fsp3) is 0.467. The second-order valence-electron chi connectivity index (χ2n) is 5.63. The van der Waals surface area contributed by atoms with E-state index in [9.17, 15) is 4.79 Å². The highest BCUT2D eigenvalue weighted by molar-refractivity contribution is 5.82. The minimum atomic E-state index is -0.555. The molecular weight excluding hydrogens is 240 g/mol. The number of nitrogens with one attached hydrogen (secondary N) is 1. The number of carbonyl (C=O) groups excluding carboxylic acids is 1. The first-order chi connectivity index (χ1) is 8.85. The molecule has 4 nitrogen and oxygen atoms in total. The summed E-state index contributed by atoms with van der Waals surface area (Å²) < 4.78 is 4.87. The van der Waals surface area contributed by atoms with Crippen molar-refractivity contribution in [2.45, 2.75) is 34.1 Å². The van der Waals surface area contributed by atoms with Gasteiger partial charge in [0.05, 0.1) is 23.6 Å². The lowest BCUT2D eigenvalue weighted by Crippen LogP contribution is -2.28. The molecular formula is C15H20N2O2. The Hall–Kier alpha value is -1.84. The van der Waals surface area contributed by atoms with Crippen molar-refractivity contribution in [2.24, 2.45) is 5.41 Å². The van der Waals surface area contributed by atoms with Crippen LogP contribution in [0, 0.1) is 19.3 Å². The van der Waals surface area contributed by atoms with Crippen molar-refractivity contribution >= 4 is 17.0 Å². The van der Waals surface area contributed by atoms with E-state index < -0.39 is 5.41 Å². The van der Waals surface area contributed by atoms with E-state index in [1.165, 1.54) is 7.11 Å². The number of H-pyrrole nitrogens is 1. The van der Waals surface area contributed by atoms with Gasteiger partial charge in [-0.3, -0.25) is 9.78 Å². The van der Waals surface area contributed by atoms with E-state index in [1.807, 2.05) is 39.8 Å². The van der Waals surface area contributed by atoms with Crippen molar-refractivity contribution < 1.29 is 9.53 Å². The van der Waals surface area contributed by atoms with E-state index in [-0.39, 0.29) is 5.97 Å². The van der Waals surface area contributed by atoms with Crippen LogP contribution in [0.25, 0.3) is 11.0 Å². The minimum absolute atomic E-state index is 0.200. The van der Waals surface area contributed by atoms with Crippen LogP contribution in [0.5, 0.6) is 0 Å². The molecule has 2 rings (SSSR count). The number of carbonyl (C=O) groups is 1. The van der Waals surface area contributed by atoms with Gasteiger partial charge in [-0.2, -0.15) is 0 Å². The molecule has 0 amide bonds. The predicted octanol–water partition coefficient (Wildman–Crippen LogP) is 2.92. The summed E-state index contributed by atoms with van der Waals surface area (Å²) >= 11 is 0. The van der Waals surface area contributed by atoms with Crippen LogP contribution in [0.4, 0.5) is 0 Å². The number of pyridine rings is 1. The van der Waals surface area contributed by atoms with Crippen LogP contribution in [0.2, 0.25) is 0 Å². The Bertz CT molecular complexity index is 626. The number of hydrogen-bond acceptors (Lipinski definition) is 3. The molecule has 2 heterocycles. The molecule has 102 valence electrons. The quantitative estimate of drug-likeness (QED) is 0.863. The average molecular weight is 260 g/mol. The Morgan fingerprint density at radius 3 is 2.68 bits per heavy atom. The lowest BCUT2D eigenvalue weighted by atomic mass is 9.85. The van der Waals surface area contributed by atoms with Crippen molar-refractivity contribution in [1.29, 1.82) is 0 Å². The number of aromatic nitrogens is 2. The summed E-state index contributed by atoms with van der Waals surface area (Å²) in [5.74, 6) is -0.200. The second kappa shape index (κ2) is 4.68. The second-order valence-corrected chi connectivity index (χ2v) is 5.63. The number of nitrogens with zero attached hydrogens (tertiary/aromatic N) is 1. The zero-order chi connectivity index (χ0) is 14.2. The maximum Gasteiger partial charge on any atom is 0.311 e. The third-order valence-corrected chi connectivity index (χ3v) is 3.45. The maximum atomic E-state index is 11.8. The Balaban J connectivity index is 2.48. The van der Waals surface area contributed by atoms with Crippen molar-refractivity contribution in [3.8, 4) is 0 Å². The molecule has 0 atom stereocenters. The third-order valence-electron chi connectivity index (χ3n) is 3.45. The summed E-state index contributed by atoms with van der Waals surface area (Å²) in [7, 11) is 1.43. The van der Waals surface area contributed by atoms with Crippen LogP contribution in [-0.4, -0.2) is 23.0 Å².